The van der Waals surface area contributed by atoms with Crippen molar-refractivity contribution in [2.45, 2.75) is 63.6 Å². The summed E-state index contributed by atoms with van der Waals surface area (Å²) in [5.74, 6) is 0.427. The van der Waals surface area contributed by atoms with Gasteiger partial charge in [0.1, 0.15) is 0 Å². The highest BCUT2D eigenvalue weighted by molar-refractivity contribution is 5.14. The fourth-order valence-electron chi connectivity index (χ4n) is 3.10. The topological polar surface area (TPSA) is 40.5 Å². The molecule has 1 aliphatic carbocycles. The van der Waals surface area contributed by atoms with Crippen molar-refractivity contribution in [3.63, 3.8) is 0 Å². The predicted octanol–water partition coefficient (Wildman–Crippen LogP) is 3.87. The summed E-state index contributed by atoms with van der Waals surface area (Å²) in [7, 11) is 0. The van der Waals surface area contributed by atoms with Crippen molar-refractivity contribution in [1.29, 1.82) is 0 Å². The molecule has 0 amide bonds. The molecule has 2 nitrogen and oxygen atoms in total. The maximum atomic E-state index is 10.1. The molecule has 0 aromatic heterocycles. The first-order chi connectivity index (χ1) is 10.3. The Kier molecular flexibility index (Phi) is 6.98. The van der Waals surface area contributed by atoms with Crippen LogP contribution in [0.3, 0.4) is 0 Å². The molecule has 1 aliphatic rings. The summed E-state index contributed by atoms with van der Waals surface area (Å²) in [5.41, 5.74) is 1.27. The Labute approximate surface area is 128 Å². The largest absolute Gasteiger partial charge is 0.393 e. The van der Waals surface area contributed by atoms with Gasteiger partial charge in [-0.1, -0.05) is 61.7 Å². The number of aliphatic hydroxyl groups excluding tert-OH is 2. The van der Waals surface area contributed by atoms with Crippen LogP contribution in [0.5, 0.6) is 0 Å². The molecule has 1 aromatic carbocycles. The highest BCUT2D eigenvalue weighted by Gasteiger charge is 2.19. The minimum Gasteiger partial charge on any atom is -0.393 e. The summed E-state index contributed by atoms with van der Waals surface area (Å²) in [4.78, 5) is 0. The van der Waals surface area contributed by atoms with E-state index in [-0.39, 0.29) is 12.2 Å². The van der Waals surface area contributed by atoms with Gasteiger partial charge in [-0.15, -0.1) is 0 Å². The van der Waals surface area contributed by atoms with Gasteiger partial charge >= 0.3 is 0 Å². The monoisotopic (exact) mass is 288 g/mol. The van der Waals surface area contributed by atoms with Crippen molar-refractivity contribution in [2.75, 3.05) is 0 Å². The zero-order valence-corrected chi connectivity index (χ0v) is 12.8. The molecule has 0 radical (unpaired) electrons. The number of hydrogen-bond acceptors (Lipinski definition) is 2. The molecule has 2 N–H and O–H groups in total. The standard InChI is InChI=1S/C19H28O2/c20-18(15-14-16-8-3-1-4-9-16)12-7-13-19(21)17-10-5-2-6-11-17/h1,3-4,7-9,13,17-21H,2,5-6,10-12,14-15H2/b13-7+/t18-,19-/m1/s1. The summed E-state index contributed by atoms with van der Waals surface area (Å²) < 4.78 is 0. The van der Waals surface area contributed by atoms with Gasteiger partial charge in [-0.25, -0.2) is 0 Å². The number of aryl methyl sites for hydroxylation is 1. The minimum atomic E-state index is -0.327. The Morgan fingerprint density at radius 1 is 1.05 bits per heavy atom. The summed E-state index contributed by atoms with van der Waals surface area (Å²) in [5, 5.41) is 20.1. The Hall–Kier alpha value is -1.12. The van der Waals surface area contributed by atoms with Gasteiger partial charge in [-0.2, -0.15) is 0 Å². The van der Waals surface area contributed by atoms with Crippen LogP contribution in [-0.2, 0) is 6.42 Å². The summed E-state index contributed by atoms with van der Waals surface area (Å²) in [6.45, 7) is 0. The lowest BCUT2D eigenvalue weighted by Gasteiger charge is -2.24. The van der Waals surface area contributed by atoms with E-state index in [9.17, 15) is 10.2 Å². The molecule has 1 saturated carbocycles. The maximum Gasteiger partial charge on any atom is 0.0749 e. The maximum absolute atomic E-state index is 10.1. The molecule has 0 heterocycles. The first-order valence-electron chi connectivity index (χ1n) is 8.32. The van der Waals surface area contributed by atoms with Gasteiger partial charge in [0.25, 0.3) is 0 Å². The van der Waals surface area contributed by atoms with E-state index in [0.717, 1.165) is 25.7 Å². The number of hydrogen-bond donors (Lipinski definition) is 2. The molecule has 2 heteroatoms. The van der Waals surface area contributed by atoms with E-state index in [4.69, 9.17) is 0 Å². The van der Waals surface area contributed by atoms with E-state index < -0.39 is 0 Å². The number of benzene rings is 1. The van der Waals surface area contributed by atoms with Crippen LogP contribution < -0.4 is 0 Å². The average Bonchev–Trinajstić information content (AvgIpc) is 2.54. The van der Waals surface area contributed by atoms with Crippen LogP contribution in [0.4, 0.5) is 0 Å². The lowest BCUT2D eigenvalue weighted by molar-refractivity contribution is 0.124. The fraction of sp³-hybridized carbons (Fsp3) is 0.579. The average molecular weight is 288 g/mol. The van der Waals surface area contributed by atoms with E-state index in [1.54, 1.807) is 0 Å². The molecule has 0 bridgehead atoms. The predicted molar refractivity (Wildman–Crippen MR) is 87.1 cm³/mol. The number of aliphatic hydroxyl groups is 2. The zero-order valence-electron chi connectivity index (χ0n) is 12.8. The third-order valence-corrected chi connectivity index (χ3v) is 4.48. The molecule has 2 rings (SSSR count). The van der Waals surface area contributed by atoms with Crippen molar-refractivity contribution < 1.29 is 10.2 Å². The zero-order chi connectivity index (χ0) is 14.9. The van der Waals surface area contributed by atoms with Crippen molar-refractivity contribution in [2.24, 2.45) is 5.92 Å². The van der Waals surface area contributed by atoms with Crippen LogP contribution in [0, 0.1) is 5.92 Å². The Morgan fingerprint density at radius 2 is 1.76 bits per heavy atom. The normalized spacial score (nSPS) is 19.7. The SMILES string of the molecule is O[C@H](C/C=C/[C@@H](O)C1CCCCC1)CCc1ccccc1. The van der Waals surface area contributed by atoms with Crippen molar-refractivity contribution in [3.8, 4) is 0 Å². The summed E-state index contributed by atoms with van der Waals surface area (Å²) in [6, 6.07) is 10.3. The van der Waals surface area contributed by atoms with E-state index in [2.05, 4.69) is 12.1 Å². The highest BCUT2D eigenvalue weighted by atomic mass is 16.3. The van der Waals surface area contributed by atoms with Crippen molar-refractivity contribution >= 4 is 0 Å². The second-order valence-electron chi connectivity index (χ2n) is 6.23. The van der Waals surface area contributed by atoms with Gasteiger partial charge in [0, 0.05) is 0 Å². The van der Waals surface area contributed by atoms with Gasteiger partial charge in [0.05, 0.1) is 12.2 Å². The Morgan fingerprint density at radius 3 is 2.48 bits per heavy atom. The lowest BCUT2D eigenvalue weighted by atomic mass is 9.85. The third-order valence-electron chi connectivity index (χ3n) is 4.48. The molecular weight excluding hydrogens is 260 g/mol. The van der Waals surface area contributed by atoms with E-state index in [0.29, 0.717) is 12.3 Å². The van der Waals surface area contributed by atoms with E-state index in [1.807, 2.05) is 30.4 Å². The van der Waals surface area contributed by atoms with Gasteiger partial charge in [0.15, 0.2) is 0 Å². The molecule has 0 saturated heterocycles. The molecule has 0 unspecified atom stereocenters. The van der Waals surface area contributed by atoms with Crippen LogP contribution >= 0.6 is 0 Å². The summed E-state index contributed by atoms with van der Waals surface area (Å²) in [6.07, 6.45) is 11.6. The van der Waals surface area contributed by atoms with E-state index >= 15 is 0 Å². The van der Waals surface area contributed by atoms with Crippen LogP contribution in [0.25, 0.3) is 0 Å². The second-order valence-corrected chi connectivity index (χ2v) is 6.23. The van der Waals surface area contributed by atoms with Crippen LogP contribution in [0.2, 0.25) is 0 Å². The number of rotatable bonds is 7. The van der Waals surface area contributed by atoms with Gasteiger partial charge in [-0.3, -0.25) is 0 Å². The molecular formula is C19H28O2. The quantitative estimate of drug-likeness (QED) is 0.748. The molecule has 21 heavy (non-hydrogen) atoms. The van der Waals surface area contributed by atoms with Crippen LogP contribution in [0.1, 0.15) is 50.5 Å². The summed E-state index contributed by atoms with van der Waals surface area (Å²) >= 11 is 0. The molecule has 1 fully saturated rings. The fourth-order valence-corrected chi connectivity index (χ4v) is 3.10. The Bertz CT molecular complexity index is 407. The lowest BCUT2D eigenvalue weighted by Crippen LogP contribution is -2.20. The van der Waals surface area contributed by atoms with Gasteiger partial charge in [-0.05, 0) is 43.6 Å². The molecule has 1 aromatic rings. The molecule has 2 atom stereocenters. The van der Waals surface area contributed by atoms with Crippen LogP contribution in [0.15, 0.2) is 42.5 Å². The van der Waals surface area contributed by atoms with Gasteiger partial charge < -0.3 is 10.2 Å². The smallest absolute Gasteiger partial charge is 0.0749 e. The van der Waals surface area contributed by atoms with Crippen molar-refractivity contribution in [1.82, 2.24) is 0 Å². The third kappa shape index (κ3) is 6.03. The highest BCUT2D eigenvalue weighted by Crippen LogP contribution is 2.27. The van der Waals surface area contributed by atoms with Crippen LogP contribution in [-0.4, -0.2) is 22.4 Å². The van der Waals surface area contributed by atoms with Gasteiger partial charge in [0.2, 0.25) is 0 Å². The first-order valence-corrected chi connectivity index (χ1v) is 8.32. The second kappa shape index (κ2) is 9.01. The first kappa shape index (κ1) is 16.3. The Balaban J connectivity index is 1.65. The van der Waals surface area contributed by atoms with Crippen molar-refractivity contribution in [3.05, 3.63) is 48.0 Å². The minimum absolute atomic E-state index is 0.319. The van der Waals surface area contributed by atoms with E-state index in [1.165, 1.54) is 24.8 Å². The molecule has 0 aliphatic heterocycles. The molecule has 116 valence electrons. The molecule has 0 spiro atoms.